The molecular formula is C19H18Cl2N4OS2. The number of fused-ring (bicyclic) bond motifs is 1. The number of halogens is 2. The molecule has 9 heteroatoms. The molecule has 4 rings (SSSR count). The van der Waals surface area contributed by atoms with Crippen LogP contribution < -0.4 is 10.2 Å². The molecule has 0 bridgehead atoms. The van der Waals surface area contributed by atoms with Crippen LogP contribution in [0, 0.1) is 0 Å². The lowest BCUT2D eigenvalue weighted by atomic mass is 10.2. The van der Waals surface area contributed by atoms with E-state index in [2.05, 4.69) is 15.2 Å². The van der Waals surface area contributed by atoms with Gasteiger partial charge in [0.25, 0.3) is 5.91 Å². The van der Waals surface area contributed by atoms with Crippen LogP contribution in [0.3, 0.4) is 0 Å². The highest BCUT2D eigenvalue weighted by Crippen LogP contribution is 2.34. The molecule has 2 aromatic heterocycles. The van der Waals surface area contributed by atoms with E-state index in [1.807, 2.05) is 18.4 Å². The number of carbonyl (C=O) groups is 1. The third kappa shape index (κ3) is 4.08. The zero-order chi connectivity index (χ0) is 19.7. The Bertz CT molecular complexity index is 1030. The van der Waals surface area contributed by atoms with Gasteiger partial charge in [0.1, 0.15) is 10.6 Å². The molecule has 1 amide bonds. The average molecular weight is 453 g/mol. The lowest BCUT2D eigenvalue weighted by Gasteiger charge is -2.17. The van der Waals surface area contributed by atoms with Gasteiger partial charge in [0.2, 0.25) is 0 Å². The number of hydrogen-bond donors (Lipinski definition) is 1. The van der Waals surface area contributed by atoms with Crippen molar-refractivity contribution in [3.63, 3.8) is 0 Å². The van der Waals surface area contributed by atoms with Crippen molar-refractivity contribution in [3.8, 4) is 0 Å². The summed E-state index contributed by atoms with van der Waals surface area (Å²) in [5.41, 5.74) is 0.822. The third-order valence-electron chi connectivity index (χ3n) is 4.62. The molecule has 1 aliphatic heterocycles. The van der Waals surface area contributed by atoms with Crippen molar-refractivity contribution in [2.75, 3.05) is 24.2 Å². The minimum absolute atomic E-state index is 0.146. The fourth-order valence-electron chi connectivity index (χ4n) is 3.19. The van der Waals surface area contributed by atoms with Gasteiger partial charge in [0, 0.05) is 29.7 Å². The molecule has 1 aliphatic rings. The van der Waals surface area contributed by atoms with E-state index in [4.69, 9.17) is 28.2 Å². The van der Waals surface area contributed by atoms with Crippen molar-refractivity contribution in [1.82, 2.24) is 15.3 Å². The van der Waals surface area contributed by atoms with Crippen LogP contribution in [0.2, 0.25) is 10.0 Å². The maximum absolute atomic E-state index is 12.7. The summed E-state index contributed by atoms with van der Waals surface area (Å²) >= 11 is 15.0. The average Bonchev–Trinajstić information content (AvgIpc) is 3.36. The minimum Gasteiger partial charge on any atom is -0.356 e. The molecule has 1 fully saturated rings. The molecule has 1 aromatic carbocycles. The van der Waals surface area contributed by atoms with Gasteiger partial charge in [-0.25, -0.2) is 9.97 Å². The first-order valence-corrected chi connectivity index (χ1v) is 11.7. The molecular weight excluding hydrogens is 435 g/mol. The van der Waals surface area contributed by atoms with E-state index in [-0.39, 0.29) is 5.91 Å². The Kier molecular flexibility index (Phi) is 5.96. The van der Waals surface area contributed by atoms with E-state index >= 15 is 0 Å². The number of nitrogens with one attached hydrogen (secondary N) is 1. The second-order valence-electron chi connectivity index (χ2n) is 6.48. The number of nitrogens with zero attached hydrogens (tertiary/aromatic N) is 3. The molecule has 28 heavy (non-hydrogen) atoms. The van der Waals surface area contributed by atoms with Crippen molar-refractivity contribution in [3.05, 3.63) is 44.8 Å². The van der Waals surface area contributed by atoms with E-state index in [0.29, 0.717) is 21.5 Å². The van der Waals surface area contributed by atoms with E-state index < -0.39 is 0 Å². The highest BCUT2D eigenvalue weighted by molar-refractivity contribution is 7.98. The number of thioether (sulfide) groups is 1. The summed E-state index contributed by atoms with van der Waals surface area (Å²) < 4.78 is 0. The van der Waals surface area contributed by atoms with Gasteiger partial charge in [-0.15, -0.1) is 11.3 Å². The van der Waals surface area contributed by atoms with Crippen molar-refractivity contribution in [2.24, 2.45) is 0 Å². The Morgan fingerprint density at radius 1 is 1.25 bits per heavy atom. The van der Waals surface area contributed by atoms with Crippen LogP contribution in [-0.4, -0.2) is 35.2 Å². The smallest absolute Gasteiger partial charge is 0.261 e. The molecule has 5 nitrogen and oxygen atoms in total. The Labute approximate surface area is 181 Å². The fourth-order valence-corrected chi connectivity index (χ4v) is 5.02. The Balaban J connectivity index is 1.59. The van der Waals surface area contributed by atoms with Gasteiger partial charge in [0.15, 0.2) is 5.16 Å². The Morgan fingerprint density at radius 2 is 2.04 bits per heavy atom. The summed E-state index contributed by atoms with van der Waals surface area (Å²) in [6.07, 6.45) is 4.30. The summed E-state index contributed by atoms with van der Waals surface area (Å²) in [6.45, 7) is 2.32. The first-order chi connectivity index (χ1) is 13.5. The topological polar surface area (TPSA) is 58.1 Å². The largest absolute Gasteiger partial charge is 0.356 e. The summed E-state index contributed by atoms with van der Waals surface area (Å²) in [5, 5.41) is 5.72. The number of rotatable bonds is 5. The summed E-state index contributed by atoms with van der Waals surface area (Å²) in [7, 11) is 0. The number of anilines is 1. The fraction of sp³-hybridized carbons (Fsp3) is 0.316. The quantitative estimate of drug-likeness (QED) is 0.423. The normalized spacial score (nSPS) is 14.0. The molecule has 0 unspecified atom stereocenters. The Morgan fingerprint density at radius 3 is 2.75 bits per heavy atom. The lowest BCUT2D eigenvalue weighted by molar-refractivity contribution is 0.0955. The number of hydrogen-bond acceptors (Lipinski definition) is 6. The maximum atomic E-state index is 12.7. The molecule has 0 radical (unpaired) electrons. The standard InChI is InChI=1S/C19H18Cl2N4OS2/c1-27-19-23-16(25-6-2-3-7-25)13-9-15(28-18(13)24-19)17(26)22-10-11-4-5-12(20)8-14(11)21/h4-5,8-9H,2-3,6-7,10H2,1H3,(H,22,26). The SMILES string of the molecule is CSc1nc(N2CCCC2)c2cc(C(=O)NCc3ccc(Cl)cc3Cl)sc2n1. The number of aromatic nitrogens is 2. The van der Waals surface area contributed by atoms with Gasteiger partial charge in [-0.1, -0.05) is 41.0 Å². The number of benzene rings is 1. The summed E-state index contributed by atoms with van der Waals surface area (Å²) in [6, 6.07) is 7.15. The number of amides is 1. The second-order valence-corrected chi connectivity index (χ2v) is 9.12. The Hall–Kier alpha value is -1.54. The van der Waals surface area contributed by atoms with Crippen molar-refractivity contribution >= 4 is 68.2 Å². The summed E-state index contributed by atoms with van der Waals surface area (Å²) in [5.74, 6) is 0.787. The van der Waals surface area contributed by atoms with Gasteiger partial charge < -0.3 is 10.2 Å². The molecule has 0 aliphatic carbocycles. The van der Waals surface area contributed by atoms with Crippen LogP contribution in [0.25, 0.3) is 10.2 Å². The van der Waals surface area contributed by atoms with Gasteiger partial charge in [-0.3, -0.25) is 4.79 Å². The van der Waals surface area contributed by atoms with Gasteiger partial charge >= 0.3 is 0 Å². The maximum Gasteiger partial charge on any atom is 0.261 e. The first kappa shape index (κ1) is 19.8. The molecule has 0 atom stereocenters. The summed E-state index contributed by atoms with van der Waals surface area (Å²) in [4.78, 5) is 25.8. The van der Waals surface area contributed by atoms with E-state index in [1.54, 1.807) is 12.1 Å². The predicted octanol–water partition coefficient (Wildman–Crippen LogP) is 5.25. The molecule has 3 heterocycles. The van der Waals surface area contributed by atoms with Crippen LogP contribution >= 0.6 is 46.3 Å². The van der Waals surface area contributed by atoms with Crippen LogP contribution in [0.5, 0.6) is 0 Å². The molecule has 1 saturated heterocycles. The molecule has 0 spiro atoms. The van der Waals surface area contributed by atoms with Crippen LogP contribution in [0.4, 0.5) is 5.82 Å². The number of thiophene rings is 1. The highest BCUT2D eigenvalue weighted by Gasteiger charge is 2.21. The van der Waals surface area contributed by atoms with Crippen molar-refractivity contribution < 1.29 is 4.79 Å². The van der Waals surface area contributed by atoms with E-state index in [1.165, 1.54) is 35.9 Å². The van der Waals surface area contributed by atoms with Crippen molar-refractivity contribution in [1.29, 1.82) is 0 Å². The van der Waals surface area contributed by atoms with E-state index in [9.17, 15) is 4.79 Å². The molecule has 3 aromatic rings. The first-order valence-electron chi connectivity index (χ1n) is 8.88. The van der Waals surface area contributed by atoms with Crippen LogP contribution in [0.15, 0.2) is 29.4 Å². The minimum atomic E-state index is -0.146. The van der Waals surface area contributed by atoms with Crippen LogP contribution in [-0.2, 0) is 6.54 Å². The zero-order valence-electron chi connectivity index (χ0n) is 15.2. The van der Waals surface area contributed by atoms with E-state index in [0.717, 1.165) is 39.8 Å². The number of carbonyl (C=O) groups excluding carboxylic acids is 1. The molecule has 146 valence electrons. The lowest BCUT2D eigenvalue weighted by Crippen LogP contribution is -2.22. The zero-order valence-corrected chi connectivity index (χ0v) is 18.3. The molecule has 0 saturated carbocycles. The van der Waals surface area contributed by atoms with Crippen LogP contribution in [0.1, 0.15) is 28.1 Å². The van der Waals surface area contributed by atoms with Crippen molar-refractivity contribution in [2.45, 2.75) is 24.5 Å². The molecule has 1 N–H and O–H groups in total. The third-order valence-corrected chi connectivity index (χ3v) is 6.78. The van der Waals surface area contributed by atoms with Gasteiger partial charge in [-0.2, -0.15) is 0 Å². The monoisotopic (exact) mass is 452 g/mol. The second kappa shape index (κ2) is 8.45. The highest BCUT2D eigenvalue weighted by atomic mass is 35.5. The van der Waals surface area contributed by atoms with Gasteiger partial charge in [0.05, 0.1) is 10.3 Å². The van der Waals surface area contributed by atoms with Gasteiger partial charge in [-0.05, 0) is 42.9 Å². The predicted molar refractivity (Wildman–Crippen MR) is 118 cm³/mol.